The SMILES string of the molecule is CN(C)S(=O)(=O)N1CCN(CCc2ccccc2)CC1C(N)=O. The van der Waals surface area contributed by atoms with Gasteiger partial charge in [0.15, 0.2) is 0 Å². The minimum absolute atomic E-state index is 0.267. The van der Waals surface area contributed by atoms with Crippen LogP contribution in [0.25, 0.3) is 0 Å². The van der Waals surface area contributed by atoms with Gasteiger partial charge in [0.05, 0.1) is 0 Å². The molecule has 0 bridgehead atoms. The Hall–Kier alpha value is -1.48. The number of rotatable bonds is 6. The molecule has 1 amide bonds. The summed E-state index contributed by atoms with van der Waals surface area (Å²) in [5.74, 6) is -0.611. The van der Waals surface area contributed by atoms with Crippen molar-refractivity contribution in [2.45, 2.75) is 12.5 Å². The van der Waals surface area contributed by atoms with Gasteiger partial charge in [-0.25, -0.2) is 0 Å². The number of nitrogens with zero attached hydrogens (tertiary/aromatic N) is 3. The van der Waals surface area contributed by atoms with E-state index in [0.29, 0.717) is 13.1 Å². The van der Waals surface area contributed by atoms with E-state index in [1.165, 1.54) is 24.0 Å². The number of piperazine rings is 1. The molecule has 1 saturated heterocycles. The van der Waals surface area contributed by atoms with Gasteiger partial charge in [-0.15, -0.1) is 0 Å². The number of hydrogen-bond donors (Lipinski definition) is 1. The van der Waals surface area contributed by atoms with Gasteiger partial charge in [-0.1, -0.05) is 30.3 Å². The number of amides is 1. The van der Waals surface area contributed by atoms with E-state index >= 15 is 0 Å². The van der Waals surface area contributed by atoms with Gasteiger partial charge >= 0.3 is 0 Å². The van der Waals surface area contributed by atoms with Gasteiger partial charge in [0.1, 0.15) is 6.04 Å². The van der Waals surface area contributed by atoms with Gasteiger partial charge < -0.3 is 5.73 Å². The molecule has 1 aliphatic rings. The Morgan fingerprint density at radius 2 is 1.91 bits per heavy atom. The Labute approximate surface area is 137 Å². The first-order valence-corrected chi connectivity index (χ1v) is 8.97. The molecule has 0 aliphatic carbocycles. The highest BCUT2D eigenvalue weighted by Crippen LogP contribution is 2.16. The van der Waals surface area contributed by atoms with Gasteiger partial charge in [0, 0.05) is 40.3 Å². The largest absolute Gasteiger partial charge is 0.368 e. The van der Waals surface area contributed by atoms with E-state index in [2.05, 4.69) is 17.0 Å². The van der Waals surface area contributed by atoms with Crippen LogP contribution in [-0.2, 0) is 21.4 Å². The van der Waals surface area contributed by atoms with Crippen molar-refractivity contribution in [3.8, 4) is 0 Å². The molecule has 1 fully saturated rings. The molecule has 2 N–H and O–H groups in total. The fourth-order valence-corrected chi connectivity index (χ4v) is 3.90. The molecule has 0 spiro atoms. The molecule has 0 aromatic heterocycles. The Balaban J connectivity index is 2.03. The first-order valence-electron chi connectivity index (χ1n) is 7.57. The van der Waals surface area contributed by atoms with E-state index in [1.54, 1.807) is 0 Å². The van der Waals surface area contributed by atoms with E-state index in [-0.39, 0.29) is 6.54 Å². The van der Waals surface area contributed by atoms with Crippen LogP contribution < -0.4 is 5.73 Å². The fraction of sp³-hybridized carbons (Fsp3) is 0.533. The van der Waals surface area contributed by atoms with Crippen LogP contribution in [0.2, 0.25) is 0 Å². The summed E-state index contributed by atoms with van der Waals surface area (Å²) in [6.45, 7) is 1.95. The lowest BCUT2D eigenvalue weighted by Gasteiger charge is -2.39. The maximum atomic E-state index is 12.3. The summed E-state index contributed by atoms with van der Waals surface area (Å²) in [6, 6.07) is 9.23. The minimum atomic E-state index is -3.65. The quantitative estimate of drug-likeness (QED) is 0.757. The molecule has 128 valence electrons. The number of carbonyl (C=O) groups is 1. The van der Waals surface area contributed by atoms with Crippen LogP contribution in [0.3, 0.4) is 0 Å². The lowest BCUT2D eigenvalue weighted by atomic mass is 10.1. The Morgan fingerprint density at radius 1 is 1.26 bits per heavy atom. The topological polar surface area (TPSA) is 87.0 Å². The van der Waals surface area contributed by atoms with Crippen molar-refractivity contribution >= 4 is 16.1 Å². The molecule has 1 heterocycles. The highest BCUT2D eigenvalue weighted by Gasteiger charge is 2.39. The maximum absolute atomic E-state index is 12.3. The van der Waals surface area contributed by atoms with Crippen molar-refractivity contribution in [2.24, 2.45) is 5.73 Å². The maximum Gasteiger partial charge on any atom is 0.282 e. The second-order valence-electron chi connectivity index (χ2n) is 5.86. The van der Waals surface area contributed by atoms with Crippen LogP contribution in [0.5, 0.6) is 0 Å². The number of benzene rings is 1. The van der Waals surface area contributed by atoms with E-state index in [4.69, 9.17) is 5.73 Å². The Kier molecular flexibility index (Phi) is 5.74. The predicted octanol–water partition coefficient (Wildman–Crippen LogP) is -0.493. The number of nitrogens with two attached hydrogens (primary N) is 1. The van der Waals surface area contributed by atoms with Crippen LogP contribution >= 0.6 is 0 Å². The molecule has 2 rings (SSSR count). The summed E-state index contributed by atoms with van der Waals surface area (Å²) in [5.41, 5.74) is 6.65. The summed E-state index contributed by atoms with van der Waals surface area (Å²) in [7, 11) is -0.738. The molecule has 0 radical (unpaired) electrons. The van der Waals surface area contributed by atoms with Gasteiger partial charge in [0.25, 0.3) is 10.2 Å². The molecular weight excluding hydrogens is 316 g/mol. The molecule has 1 aliphatic heterocycles. The third kappa shape index (κ3) is 4.29. The summed E-state index contributed by atoms with van der Waals surface area (Å²) in [5, 5.41) is 0. The summed E-state index contributed by atoms with van der Waals surface area (Å²) < 4.78 is 26.9. The summed E-state index contributed by atoms with van der Waals surface area (Å²) >= 11 is 0. The summed E-state index contributed by atoms with van der Waals surface area (Å²) in [4.78, 5) is 13.8. The zero-order valence-corrected chi connectivity index (χ0v) is 14.4. The zero-order valence-electron chi connectivity index (χ0n) is 13.6. The van der Waals surface area contributed by atoms with Crippen molar-refractivity contribution in [3.05, 3.63) is 35.9 Å². The molecule has 1 atom stereocenters. The first kappa shape index (κ1) is 17.9. The molecular formula is C15H24N4O3S. The lowest BCUT2D eigenvalue weighted by molar-refractivity contribution is -0.123. The normalized spacial score (nSPS) is 20.7. The van der Waals surface area contributed by atoms with Crippen molar-refractivity contribution in [1.82, 2.24) is 13.5 Å². The zero-order chi connectivity index (χ0) is 17.0. The van der Waals surface area contributed by atoms with Crippen molar-refractivity contribution in [3.63, 3.8) is 0 Å². The second kappa shape index (κ2) is 7.39. The standard InChI is InChI=1S/C15H24N4O3S/c1-17(2)23(21,22)19-11-10-18(12-14(19)15(16)20)9-8-13-6-4-3-5-7-13/h3-7,14H,8-12H2,1-2H3,(H2,16,20). The number of carbonyl (C=O) groups excluding carboxylic acids is 1. The number of primary amides is 1. The monoisotopic (exact) mass is 340 g/mol. The van der Waals surface area contributed by atoms with Crippen molar-refractivity contribution in [1.29, 1.82) is 0 Å². The molecule has 8 heteroatoms. The Morgan fingerprint density at radius 3 is 2.48 bits per heavy atom. The molecule has 7 nitrogen and oxygen atoms in total. The van der Waals surface area contributed by atoms with Gasteiger partial charge in [-0.2, -0.15) is 17.0 Å². The van der Waals surface area contributed by atoms with Crippen LogP contribution in [0, 0.1) is 0 Å². The number of hydrogen-bond acceptors (Lipinski definition) is 4. The van der Waals surface area contributed by atoms with Crippen LogP contribution in [0.15, 0.2) is 30.3 Å². The van der Waals surface area contributed by atoms with E-state index in [9.17, 15) is 13.2 Å². The van der Waals surface area contributed by atoms with Crippen LogP contribution in [0.1, 0.15) is 5.56 Å². The van der Waals surface area contributed by atoms with E-state index in [1.807, 2.05) is 18.2 Å². The van der Waals surface area contributed by atoms with Crippen molar-refractivity contribution in [2.75, 3.05) is 40.3 Å². The third-order valence-corrected chi connectivity index (χ3v) is 6.01. The highest BCUT2D eigenvalue weighted by atomic mass is 32.2. The second-order valence-corrected chi connectivity index (χ2v) is 7.95. The average Bonchev–Trinajstić information content (AvgIpc) is 2.53. The lowest BCUT2D eigenvalue weighted by Crippen LogP contribution is -2.61. The molecule has 23 heavy (non-hydrogen) atoms. The van der Waals surface area contributed by atoms with E-state index in [0.717, 1.165) is 17.3 Å². The molecule has 1 unspecified atom stereocenters. The fourth-order valence-electron chi connectivity index (χ4n) is 2.68. The average molecular weight is 340 g/mol. The Bertz CT molecular complexity index is 633. The van der Waals surface area contributed by atoms with Crippen LogP contribution in [-0.4, -0.2) is 74.2 Å². The van der Waals surface area contributed by atoms with E-state index < -0.39 is 22.2 Å². The minimum Gasteiger partial charge on any atom is -0.368 e. The van der Waals surface area contributed by atoms with Gasteiger partial charge in [0.2, 0.25) is 5.91 Å². The van der Waals surface area contributed by atoms with Gasteiger partial charge in [-0.05, 0) is 12.0 Å². The van der Waals surface area contributed by atoms with Gasteiger partial charge in [-0.3, -0.25) is 9.69 Å². The molecule has 1 aromatic carbocycles. The van der Waals surface area contributed by atoms with Crippen molar-refractivity contribution < 1.29 is 13.2 Å². The highest BCUT2D eigenvalue weighted by molar-refractivity contribution is 7.86. The predicted molar refractivity (Wildman–Crippen MR) is 88.9 cm³/mol. The van der Waals surface area contributed by atoms with Crippen LogP contribution in [0.4, 0.5) is 0 Å². The molecule has 0 saturated carbocycles. The smallest absolute Gasteiger partial charge is 0.282 e. The summed E-state index contributed by atoms with van der Waals surface area (Å²) in [6.07, 6.45) is 0.854. The third-order valence-electron chi connectivity index (χ3n) is 4.06. The molecule has 1 aromatic rings. The first-order chi connectivity index (χ1) is 10.8.